The second-order valence-corrected chi connectivity index (χ2v) is 6.74. The number of rotatable bonds is 7. The topological polar surface area (TPSA) is 54.5 Å². The van der Waals surface area contributed by atoms with Gasteiger partial charge in [0.25, 0.3) is 0 Å². The molecule has 1 aromatic rings. The molecule has 22 heavy (non-hydrogen) atoms. The summed E-state index contributed by atoms with van der Waals surface area (Å²) >= 11 is 1.54. The Bertz CT molecular complexity index is 448. The van der Waals surface area contributed by atoms with E-state index < -0.39 is 0 Å². The minimum atomic E-state index is 0.0884. The Hall–Kier alpha value is -1.11. The van der Waals surface area contributed by atoms with E-state index in [1.807, 2.05) is 12.1 Å². The van der Waals surface area contributed by atoms with E-state index in [9.17, 15) is 4.79 Å². The van der Waals surface area contributed by atoms with Crippen LogP contribution >= 0.6 is 11.8 Å². The molecular weight excluding hydrogens is 298 g/mol. The molecule has 1 aliphatic heterocycles. The molecule has 1 saturated heterocycles. The van der Waals surface area contributed by atoms with Crippen LogP contribution in [0.1, 0.15) is 20.3 Å². The molecule has 1 N–H and O–H groups in total. The van der Waals surface area contributed by atoms with E-state index in [1.165, 1.54) is 11.8 Å². The van der Waals surface area contributed by atoms with E-state index in [0.29, 0.717) is 18.0 Å². The quantitative estimate of drug-likeness (QED) is 0.612. The molecule has 2 rings (SSSR count). The normalized spacial score (nSPS) is 22.5. The molecule has 0 bridgehead atoms. The summed E-state index contributed by atoms with van der Waals surface area (Å²) in [5.41, 5.74) is 0. The van der Waals surface area contributed by atoms with Gasteiger partial charge in [-0.2, -0.15) is 0 Å². The number of thioether (sulfide) groups is 1. The summed E-state index contributed by atoms with van der Waals surface area (Å²) < 4.78 is 5.72. The molecule has 2 heterocycles. The van der Waals surface area contributed by atoms with E-state index in [-0.39, 0.29) is 5.91 Å². The fraction of sp³-hybridized carbons (Fsp3) is 0.625. The van der Waals surface area contributed by atoms with Gasteiger partial charge in [-0.3, -0.25) is 14.7 Å². The maximum Gasteiger partial charge on any atom is 0.230 e. The Kier molecular flexibility index (Phi) is 7.15. The lowest BCUT2D eigenvalue weighted by molar-refractivity contribution is -0.118. The predicted octanol–water partition coefficient (Wildman–Crippen LogP) is 1.79. The summed E-state index contributed by atoms with van der Waals surface area (Å²) in [6.07, 6.45) is 5.06. The van der Waals surface area contributed by atoms with Gasteiger partial charge in [-0.15, -0.1) is 11.8 Å². The highest BCUT2D eigenvalue weighted by atomic mass is 32.2. The Morgan fingerprint density at radius 1 is 1.36 bits per heavy atom. The molecule has 1 fully saturated rings. The lowest BCUT2D eigenvalue weighted by atomic mass is 10.2. The number of carbonyl (C=O) groups excluding carboxylic acids is 1. The van der Waals surface area contributed by atoms with Gasteiger partial charge in [-0.05, 0) is 32.4 Å². The standard InChI is InChI=1S/C16H25N3O2S/c1-13-10-19(11-14(2)21-13)9-3-6-18-16(20)12-22-15-4-7-17-8-5-15/h4-5,7-8,13-14H,3,6,9-12H2,1-2H3,(H,18,20). The predicted molar refractivity (Wildman–Crippen MR) is 89.0 cm³/mol. The van der Waals surface area contributed by atoms with Gasteiger partial charge in [0.2, 0.25) is 5.91 Å². The number of aromatic nitrogens is 1. The number of carbonyl (C=O) groups is 1. The van der Waals surface area contributed by atoms with Crippen LogP contribution in [0.2, 0.25) is 0 Å². The van der Waals surface area contributed by atoms with Gasteiger partial charge in [-0.25, -0.2) is 0 Å². The fourth-order valence-corrected chi connectivity index (χ4v) is 3.35. The van der Waals surface area contributed by atoms with Gasteiger partial charge in [0.15, 0.2) is 0 Å². The molecule has 122 valence electrons. The minimum absolute atomic E-state index is 0.0884. The van der Waals surface area contributed by atoms with Crippen molar-refractivity contribution >= 4 is 17.7 Å². The molecule has 0 aliphatic carbocycles. The molecule has 2 unspecified atom stereocenters. The Labute approximate surface area is 136 Å². The van der Waals surface area contributed by atoms with Crippen LogP contribution in [0.15, 0.2) is 29.4 Å². The molecule has 0 saturated carbocycles. The molecule has 2 atom stereocenters. The Morgan fingerprint density at radius 3 is 2.73 bits per heavy atom. The summed E-state index contributed by atoms with van der Waals surface area (Å²) in [6.45, 7) is 7.93. The van der Waals surface area contributed by atoms with Crippen LogP contribution in [0.4, 0.5) is 0 Å². The van der Waals surface area contributed by atoms with Crippen molar-refractivity contribution in [2.45, 2.75) is 37.4 Å². The lowest BCUT2D eigenvalue weighted by Crippen LogP contribution is -2.46. The molecule has 0 spiro atoms. The van der Waals surface area contributed by atoms with Gasteiger partial charge in [0.1, 0.15) is 0 Å². The zero-order chi connectivity index (χ0) is 15.8. The summed E-state index contributed by atoms with van der Waals surface area (Å²) in [5, 5.41) is 2.98. The lowest BCUT2D eigenvalue weighted by Gasteiger charge is -2.35. The van der Waals surface area contributed by atoms with Crippen molar-refractivity contribution in [2.24, 2.45) is 0 Å². The van der Waals surface area contributed by atoms with E-state index in [1.54, 1.807) is 12.4 Å². The highest BCUT2D eigenvalue weighted by Gasteiger charge is 2.21. The van der Waals surface area contributed by atoms with Gasteiger partial charge in [0, 0.05) is 43.5 Å². The molecule has 0 radical (unpaired) electrons. The first kappa shape index (κ1) is 17.2. The summed E-state index contributed by atoms with van der Waals surface area (Å²) in [4.78, 5) is 19.2. The van der Waals surface area contributed by atoms with Gasteiger partial charge >= 0.3 is 0 Å². The van der Waals surface area contributed by atoms with Crippen molar-refractivity contribution < 1.29 is 9.53 Å². The van der Waals surface area contributed by atoms with Crippen molar-refractivity contribution in [2.75, 3.05) is 31.9 Å². The zero-order valence-electron chi connectivity index (χ0n) is 13.3. The molecule has 6 heteroatoms. The van der Waals surface area contributed by atoms with Crippen molar-refractivity contribution in [3.63, 3.8) is 0 Å². The SMILES string of the molecule is CC1CN(CCCNC(=O)CSc2ccncc2)CC(C)O1. The third-order valence-electron chi connectivity index (χ3n) is 3.49. The molecule has 0 aromatic carbocycles. The second kappa shape index (κ2) is 9.12. The minimum Gasteiger partial charge on any atom is -0.373 e. The molecule has 1 aromatic heterocycles. The van der Waals surface area contributed by atoms with Crippen LogP contribution in [0.5, 0.6) is 0 Å². The first-order valence-electron chi connectivity index (χ1n) is 7.81. The Morgan fingerprint density at radius 2 is 2.05 bits per heavy atom. The number of hydrogen-bond acceptors (Lipinski definition) is 5. The number of ether oxygens (including phenoxy) is 1. The average molecular weight is 323 g/mol. The van der Waals surface area contributed by atoms with Crippen LogP contribution in [-0.4, -0.2) is 59.9 Å². The number of nitrogens with one attached hydrogen (secondary N) is 1. The van der Waals surface area contributed by atoms with Crippen molar-refractivity contribution in [1.29, 1.82) is 0 Å². The third-order valence-corrected chi connectivity index (χ3v) is 4.50. The Balaban J connectivity index is 1.55. The van der Waals surface area contributed by atoms with Gasteiger partial charge in [0.05, 0.1) is 18.0 Å². The number of nitrogens with zero attached hydrogens (tertiary/aromatic N) is 2. The zero-order valence-corrected chi connectivity index (χ0v) is 14.1. The van der Waals surface area contributed by atoms with Crippen molar-refractivity contribution in [3.8, 4) is 0 Å². The third kappa shape index (κ3) is 6.34. The maximum absolute atomic E-state index is 11.8. The molecular formula is C16H25N3O2S. The van der Waals surface area contributed by atoms with E-state index >= 15 is 0 Å². The number of morpholine rings is 1. The maximum atomic E-state index is 11.8. The monoisotopic (exact) mass is 323 g/mol. The van der Waals surface area contributed by atoms with Crippen molar-refractivity contribution in [3.05, 3.63) is 24.5 Å². The van der Waals surface area contributed by atoms with E-state index in [4.69, 9.17) is 4.74 Å². The van der Waals surface area contributed by atoms with Gasteiger partial charge < -0.3 is 10.1 Å². The average Bonchev–Trinajstić information content (AvgIpc) is 2.50. The van der Waals surface area contributed by atoms with E-state index in [0.717, 1.165) is 37.5 Å². The highest BCUT2D eigenvalue weighted by Crippen LogP contribution is 2.15. The molecule has 1 amide bonds. The fourth-order valence-electron chi connectivity index (χ4n) is 2.63. The van der Waals surface area contributed by atoms with E-state index in [2.05, 4.69) is 29.0 Å². The second-order valence-electron chi connectivity index (χ2n) is 5.69. The number of hydrogen-bond donors (Lipinski definition) is 1. The van der Waals surface area contributed by atoms with Crippen molar-refractivity contribution in [1.82, 2.24) is 15.2 Å². The molecule has 5 nitrogen and oxygen atoms in total. The van der Waals surface area contributed by atoms with Crippen LogP contribution in [0.3, 0.4) is 0 Å². The van der Waals surface area contributed by atoms with Crippen LogP contribution in [-0.2, 0) is 9.53 Å². The summed E-state index contributed by atoms with van der Waals surface area (Å²) in [5.74, 6) is 0.542. The first-order valence-corrected chi connectivity index (χ1v) is 8.79. The molecule has 1 aliphatic rings. The highest BCUT2D eigenvalue weighted by molar-refractivity contribution is 8.00. The summed E-state index contributed by atoms with van der Waals surface area (Å²) in [6, 6.07) is 3.83. The smallest absolute Gasteiger partial charge is 0.230 e. The van der Waals surface area contributed by atoms with Crippen LogP contribution < -0.4 is 5.32 Å². The largest absolute Gasteiger partial charge is 0.373 e. The summed E-state index contributed by atoms with van der Waals surface area (Å²) in [7, 11) is 0. The first-order chi connectivity index (χ1) is 10.6. The number of amides is 1. The van der Waals surface area contributed by atoms with Crippen LogP contribution in [0.25, 0.3) is 0 Å². The number of pyridine rings is 1. The van der Waals surface area contributed by atoms with Gasteiger partial charge in [-0.1, -0.05) is 0 Å². The van der Waals surface area contributed by atoms with Crippen LogP contribution in [0, 0.1) is 0 Å².